The lowest BCUT2D eigenvalue weighted by molar-refractivity contribution is 0.104. The smallest absolute Gasteiger partial charge is 0.191 e. The highest BCUT2D eigenvalue weighted by Crippen LogP contribution is 2.07. The predicted molar refractivity (Wildman–Crippen MR) is 42.5 cm³/mol. The van der Waals surface area contributed by atoms with Gasteiger partial charge in [-0.05, 0) is 12.1 Å². The number of carbonyl (C=O) groups is 1. The zero-order valence-electron chi connectivity index (χ0n) is 6.20. The molecule has 62 valence electrons. The summed E-state index contributed by atoms with van der Waals surface area (Å²) >= 11 is 0. The molecular weight excluding hydrogens is 159 g/mol. The summed E-state index contributed by atoms with van der Waals surface area (Å²) in [7, 11) is 0. The lowest BCUT2D eigenvalue weighted by Crippen LogP contribution is -1.97. The van der Waals surface area contributed by atoms with Crippen molar-refractivity contribution in [2.45, 2.75) is 0 Å². The minimum Gasteiger partial charge on any atom is -0.515 e. The molecule has 2 nitrogen and oxygen atoms in total. The second-order valence-electron chi connectivity index (χ2n) is 2.16. The maximum Gasteiger partial charge on any atom is 0.191 e. The van der Waals surface area contributed by atoms with E-state index in [-0.39, 0.29) is 5.56 Å². The van der Waals surface area contributed by atoms with Gasteiger partial charge >= 0.3 is 0 Å². The summed E-state index contributed by atoms with van der Waals surface area (Å²) in [5.74, 6) is -1.13. The minimum absolute atomic E-state index is 0.0391. The lowest BCUT2D eigenvalue weighted by Gasteiger charge is -1.95. The van der Waals surface area contributed by atoms with Gasteiger partial charge in [-0.3, -0.25) is 4.79 Å². The third kappa shape index (κ3) is 1.69. The molecule has 0 saturated heterocycles. The van der Waals surface area contributed by atoms with Crippen molar-refractivity contribution in [3.8, 4) is 0 Å². The molecule has 0 aliphatic heterocycles. The Balaban J connectivity index is 3.03. The zero-order valence-corrected chi connectivity index (χ0v) is 6.20. The first kappa shape index (κ1) is 8.46. The Hall–Kier alpha value is -1.64. The Morgan fingerprint density at radius 1 is 1.42 bits per heavy atom. The molecule has 0 aliphatic rings. The van der Waals surface area contributed by atoms with Crippen LogP contribution in [-0.4, -0.2) is 10.9 Å². The summed E-state index contributed by atoms with van der Waals surface area (Å²) in [6.45, 7) is 0. The van der Waals surface area contributed by atoms with E-state index in [9.17, 15) is 9.18 Å². The van der Waals surface area contributed by atoms with Crippen LogP contribution < -0.4 is 0 Å². The van der Waals surface area contributed by atoms with E-state index in [1.165, 1.54) is 18.2 Å². The highest BCUT2D eigenvalue weighted by atomic mass is 19.1. The zero-order chi connectivity index (χ0) is 8.97. The fourth-order valence-electron chi connectivity index (χ4n) is 0.819. The first-order valence-corrected chi connectivity index (χ1v) is 3.35. The third-order valence-electron chi connectivity index (χ3n) is 1.37. The standard InChI is InChI=1S/C9H7FO2/c10-8-4-2-1-3-7(8)9(12)5-6-11/h1-6,11H. The molecule has 0 spiro atoms. The molecule has 0 radical (unpaired) electrons. The first-order chi connectivity index (χ1) is 5.75. The van der Waals surface area contributed by atoms with Crippen molar-refractivity contribution in [2.75, 3.05) is 0 Å². The highest BCUT2D eigenvalue weighted by Gasteiger charge is 2.06. The number of rotatable bonds is 2. The van der Waals surface area contributed by atoms with E-state index in [1.54, 1.807) is 6.07 Å². The number of carbonyl (C=O) groups excluding carboxylic acids is 1. The Labute approximate surface area is 69.0 Å². The maximum absolute atomic E-state index is 12.8. The molecule has 1 aromatic rings. The number of hydrogen-bond acceptors (Lipinski definition) is 2. The van der Waals surface area contributed by atoms with Gasteiger partial charge in [-0.1, -0.05) is 12.1 Å². The number of ketones is 1. The summed E-state index contributed by atoms with van der Waals surface area (Å²) < 4.78 is 12.8. The Morgan fingerprint density at radius 3 is 2.67 bits per heavy atom. The van der Waals surface area contributed by atoms with Crippen LogP contribution in [0.4, 0.5) is 4.39 Å². The van der Waals surface area contributed by atoms with E-state index < -0.39 is 11.6 Å². The van der Waals surface area contributed by atoms with Crippen LogP contribution in [0.25, 0.3) is 0 Å². The normalized spacial score (nSPS) is 10.4. The van der Waals surface area contributed by atoms with Crippen LogP contribution in [0.3, 0.4) is 0 Å². The van der Waals surface area contributed by atoms with E-state index in [4.69, 9.17) is 5.11 Å². The van der Waals surface area contributed by atoms with E-state index in [0.29, 0.717) is 6.26 Å². The summed E-state index contributed by atoms with van der Waals surface area (Å²) in [5, 5.41) is 8.27. The second kappa shape index (κ2) is 3.67. The molecular formula is C9H7FO2. The van der Waals surface area contributed by atoms with Crippen molar-refractivity contribution in [3.63, 3.8) is 0 Å². The van der Waals surface area contributed by atoms with Crippen LogP contribution in [0.15, 0.2) is 36.6 Å². The Morgan fingerprint density at radius 2 is 2.08 bits per heavy atom. The monoisotopic (exact) mass is 166 g/mol. The van der Waals surface area contributed by atoms with Crippen molar-refractivity contribution < 1.29 is 14.3 Å². The molecule has 1 rings (SSSR count). The van der Waals surface area contributed by atoms with Crippen LogP contribution in [-0.2, 0) is 0 Å². The number of hydrogen-bond donors (Lipinski definition) is 1. The van der Waals surface area contributed by atoms with Gasteiger partial charge < -0.3 is 5.11 Å². The van der Waals surface area contributed by atoms with E-state index in [1.807, 2.05) is 0 Å². The summed E-state index contributed by atoms with van der Waals surface area (Å²) in [5.41, 5.74) is -0.0391. The summed E-state index contributed by atoms with van der Waals surface area (Å²) in [4.78, 5) is 11.0. The highest BCUT2D eigenvalue weighted by molar-refractivity contribution is 6.04. The molecule has 12 heavy (non-hydrogen) atoms. The predicted octanol–water partition coefficient (Wildman–Crippen LogP) is 2.08. The lowest BCUT2D eigenvalue weighted by atomic mass is 10.1. The maximum atomic E-state index is 12.8. The molecule has 1 aromatic carbocycles. The fraction of sp³-hybridized carbons (Fsp3) is 0. The second-order valence-corrected chi connectivity index (χ2v) is 2.16. The van der Waals surface area contributed by atoms with Gasteiger partial charge in [0.25, 0.3) is 0 Å². The van der Waals surface area contributed by atoms with Gasteiger partial charge in [-0.15, -0.1) is 0 Å². The van der Waals surface area contributed by atoms with Gasteiger partial charge in [-0.2, -0.15) is 0 Å². The van der Waals surface area contributed by atoms with E-state index in [2.05, 4.69) is 0 Å². The molecule has 3 heteroatoms. The van der Waals surface area contributed by atoms with Gasteiger partial charge in [0, 0.05) is 6.08 Å². The molecule has 0 amide bonds. The SMILES string of the molecule is O=C(C=CO)c1ccccc1F. The summed E-state index contributed by atoms with van der Waals surface area (Å²) in [6, 6.07) is 5.60. The molecule has 0 bridgehead atoms. The van der Waals surface area contributed by atoms with Gasteiger partial charge in [0.2, 0.25) is 0 Å². The van der Waals surface area contributed by atoms with Crippen LogP contribution >= 0.6 is 0 Å². The molecule has 0 fully saturated rings. The topological polar surface area (TPSA) is 37.3 Å². The van der Waals surface area contributed by atoms with Crippen LogP contribution in [0, 0.1) is 5.82 Å². The number of allylic oxidation sites excluding steroid dienone is 1. The number of aliphatic hydroxyl groups excluding tert-OH is 1. The number of halogens is 1. The summed E-state index contributed by atoms with van der Waals surface area (Å²) in [6.07, 6.45) is 1.49. The molecule has 0 atom stereocenters. The fourth-order valence-corrected chi connectivity index (χ4v) is 0.819. The third-order valence-corrected chi connectivity index (χ3v) is 1.37. The van der Waals surface area contributed by atoms with Gasteiger partial charge in [-0.25, -0.2) is 4.39 Å². The van der Waals surface area contributed by atoms with Crippen LogP contribution in [0.5, 0.6) is 0 Å². The number of benzene rings is 1. The van der Waals surface area contributed by atoms with Crippen LogP contribution in [0.1, 0.15) is 10.4 Å². The Bertz CT molecular complexity index is 318. The van der Waals surface area contributed by atoms with Gasteiger partial charge in [0.1, 0.15) is 5.82 Å². The van der Waals surface area contributed by atoms with E-state index >= 15 is 0 Å². The minimum atomic E-state index is -0.583. The molecule has 0 saturated carbocycles. The average Bonchev–Trinajstić information content (AvgIpc) is 2.05. The molecule has 0 unspecified atom stereocenters. The number of aliphatic hydroxyl groups is 1. The average molecular weight is 166 g/mol. The van der Waals surface area contributed by atoms with Crippen LogP contribution in [0.2, 0.25) is 0 Å². The van der Waals surface area contributed by atoms with Crippen molar-refractivity contribution in [3.05, 3.63) is 48.0 Å². The quantitative estimate of drug-likeness (QED) is 0.415. The van der Waals surface area contributed by atoms with E-state index in [0.717, 1.165) is 6.08 Å². The first-order valence-electron chi connectivity index (χ1n) is 3.35. The van der Waals surface area contributed by atoms with Crippen molar-refractivity contribution in [1.82, 2.24) is 0 Å². The molecule has 0 aliphatic carbocycles. The van der Waals surface area contributed by atoms with Gasteiger partial charge in [0.15, 0.2) is 5.78 Å². The molecule has 0 aromatic heterocycles. The van der Waals surface area contributed by atoms with Crippen molar-refractivity contribution >= 4 is 5.78 Å². The van der Waals surface area contributed by atoms with Crippen molar-refractivity contribution in [2.24, 2.45) is 0 Å². The van der Waals surface area contributed by atoms with Gasteiger partial charge in [0.05, 0.1) is 11.8 Å². The largest absolute Gasteiger partial charge is 0.515 e. The van der Waals surface area contributed by atoms with Crippen molar-refractivity contribution in [1.29, 1.82) is 0 Å². The molecule has 1 N–H and O–H groups in total. The Kier molecular flexibility index (Phi) is 2.58. The molecule has 0 heterocycles.